The summed E-state index contributed by atoms with van der Waals surface area (Å²) >= 11 is 0. The molecule has 33 heavy (non-hydrogen) atoms. The number of amidine groups is 1. The van der Waals surface area contributed by atoms with Gasteiger partial charge in [0.1, 0.15) is 11.9 Å². The Morgan fingerprint density at radius 2 is 1.73 bits per heavy atom. The van der Waals surface area contributed by atoms with Crippen molar-refractivity contribution in [2.45, 2.75) is 38.3 Å². The van der Waals surface area contributed by atoms with Crippen molar-refractivity contribution in [1.29, 1.82) is 0 Å². The first-order valence-electron chi connectivity index (χ1n) is 10.9. The fourth-order valence-electron chi connectivity index (χ4n) is 4.63. The SMILES string of the molecule is COc1ccc([C@H]2c3cnn(C(C)(C)C)c3N=C3NC(=O)N(c4ccccc4)[C@@H]32)cc1OC. The predicted molar refractivity (Wildman–Crippen MR) is 127 cm³/mol. The standard InChI is InChI=1S/C25H27N5O3/c1-25(2,3)30-23-17(14-26-30)20(15-11-12-18(32-4)19(13-15)33-5)21-22(27-23)28-24(31)29(21)16-9-7-6-8-10-16/h6-14,20-21H,1-5H3,(H,27,28,31)/t20-,21+/m0/s1. The zero-order valence-electron chi connectivity index (χ0n) is 19.4. The molecule has 0 spiro atoms. The number of benzene rings is 2. The van der Waals surface area contributed by atoms with Gasteiger partial charge < -0.3 is 9.47 Å². The number of aromatic nitrogens is 2. The zero-order chi connectivity index (χ0) is 23.3. The second kappa shape index (κ2) is 7.65. The molecule has 0 saturated carbocycles. The maximum absolute atomic E-state index is 13.2. The van der Waals surface area contributed by atoms with E-state index in [1.165, 1.54) is 0 Å². The molecule has 1 fully saturated rings. The maximum atomic E-state index is 13.2. The third-order valence-corrected chi connectivity index (χ3v) is 6.10. The minimum Gasteiger partial charge on any atom is -0.493 e. The molecule has 0 unspecified atom stereocenters. The van der Waals surface area contributed by atoms with Gasteiger partial charge in [-0.1, -0.05) is 24.3 Å². The van der Waals surface area contributed by atoms with Crippen molar-refractivity contribution in [3.63, 3.8) is 0 Å². The van der Waals surface area contributed by atoms with Gasteiger partial charge in [0.25, 0.3) is 0 Å². The number of fused-ring (bicyclic) bond motifs is 2. The third kappa shape index (κ3) is 3.33. The summed E-state index contributed by atoms with van der Waals surface area (Å²) in [5, 5.41) is 7.69. The number of para-hydroxylation sites is 1. The van der Waals surface area contributed by atoms with Crippen LogP contribution >= 0.6 is 0 Å². The highest BCUT2D eigenvalue weighted by Crippen LogP contribution is 2.46. The van der Waals surface area contributed by atoms with Crippen LogP contribution in [0.1, 0.15) is 37.8 Å². The van der Waals surface area contributed by atoms with Crippen molar-refractivity contribution in [3.05, 3.63) is 65.9 Å². The van der Waals surface area contributed by atoms with Crippen molar-refractivity contribution in [3.8, 4) is 11.5 Å². The first kappa shape index (κ1) is 21.1. The molecule has 8 heteroatoms. The summed E-state index contributed by atoms with van der Waals surface area (Å²) in [7, 11) is 3.24. The number of anilines is 1. The summed E-state index contributed by atoms with van der Waals surface area (Å²) in [4.78, 5) is 19.8. The molecule has 2 aliphatic heterocycles. The first-order chi connectivity index (χ1) is 15.8. The number of nitrogens with one attached hydrogen (secondary N) is 1. The molecule has 2 atom stereocenters. The number of hydrogen-bond donors (Lipinski definition) is 1. The molecule has 1 N–H and O–H groups in total. The molecule has 2 aromatic carbocycles. The molecule has 3 aromatic rings. The lowest BCUT2D eigenvalue weighted by atomic mass is 9.83. The molecular weight excluding hydrogens is 418 g/mol. The predicted octanol–water partition coefficient (Wildman–Crippen LogP) is 4.43. The largest absolute Gasteiger partial charge is 0.493 e. The van der Waals surface area contributed by atoms with Gasteiger partial charge in [-0.25, -0.2) is 14.5 Å². The fourth-order valence-corrected chi connectivity index (χ4v) is 4.63. The number of amides is 2. The highest BCUT2D eigenvalue weighted by Gasteiger charge is 2.48. The molecule has 0 aliphatic carbocycles. The Kier molecular flexibility index (Phi) is 4.88. The topological polar surface area (TPSA) is 81.0 Å². The average Bonchev–Trinajstić information content (AvgIpc) is 3.37. The number of hydrogen-bond acceptors (Lipinski definition) is 5. The second-order valence-corrected chi connectivity index (χ2v) is 9.18. The van der Waals surface area contributed by atoms with Gasteiger partial charge in [-0.3, -0.25) is 10.2 Å². The lowest BCUT2D eigenvalue weighted by molar-refractivity contribution is 0.252. The van der Waals surface area contributed by atoms with Gasteiger partial charge in [-0.2, -0.15) is 5.10 Å². The van der Waals surface area contributed by atoms with Crippen LogP contribution in [0.2, 0.25) is 0 Å². The highest BCUT2D eigenvalue weighted by atomic mass is 16.5. The molecule has 1 saturated heterocycles. The van der Waals surface area contributed by atoms with E-state index in [9.17, 15) is 4.79 Å². The third-order valence-electron chi connectivity index (χ3n) is 6.10. The summed E-state index contributed by atoms with van der Waals surface area (Å²) in [6.45, 7) is 6.25. The minimum atomic E-state index is -0.344. The smallest absolute Gasteiger partial charge is 0.328 e. The van der Waals surface area contributed by atoms with Crippen molar-refractivity contribution >= 4 is 23.4 Å². The first-order valence-corrected chi connectivity index (χ1v) is 10.9. The number of urea groups is 1. The van der Waals surface area contributed by atoms with Gasteiger partial charge >= 0.3 is 6.03 Å². The molecule has 8 nitrogen and oxygen atoms in total. The van der Waals surface area contributed by atoms with E-state index in [4.69, 9.17) is 14.5 Å². The van der Waals surface area contributed by atoms with E-state index in [1.54, 1.807) is 19.1 Å². The lowest BCUT2D eigenvalue weighted by Gasteiger charge is -2.33. The van der Waals surface area contributed by atoms with Gasteiger partial charge in [0.05, 0.1) is 26.0 Å². The molecule has 3 heterocycles. The maximum Gasteiger partial charge on any atom is 0.328 e. The van der Waals surface area contributed by atoms with Crippen LogP contribution in [0, 0.1) is 0 Å². The molecule has 1 aromatic heterocycles. The highest BCUT2D eigenvalue weighted by molar-refractivity contribution is 6.18. The van der Waals surface area contributed by atoms with Gasteiger partial charge in [0.2, 0.25) is 0 Å². The molecule has 0 radical (unpaired) electrons. The fraction of sp³-hybridized carbons (Fsp3) is 0.320. The van der Waals surface area contributed by atoms with E-state index in [1.807, 2.05) is 59.4 Å². The molecule has 5 rings (SSSR count). The molecular formula is C25H27N5O3. The van der Waals surface area contributed by atoms with E-state index in [2.05, 4.69) is 31.2 Å². The van der Waals surface area contributed by atoms with Crippen LogP contribution in [0.15, 0.2) is 59.7 Å². The van der Waals surface area contributed by atoms with Crippen LogP contribution in [0.5, 0.6) is 11.5 Å². The van der Waals surface area contributed by atoms with E-state index < -0.39 is 0 Å². The monoisotopic (exact) mass is 445 g/mol. The van der Waals surface area contributed by atoms with Crippen LogP contribution in [-0.4, -0.2) is 41.9 Å². The number of carbonyl (C=O) groups is 1. The Bertz CT molecular complexity index is 1240. The molecule has 0 bridgehead atoms. The Hall–Kier alpha value is -3.81. The quantitative estimate of drug-likeness (QED) is 0.644. The summed E-state index contributed by atoms with van der Waals surface area (Å²) < 4.78 is 12.9. The molecule has 2 aliphatic rings. The van der Waals surface area contributed by atoms with Gasteiger partial charge in [0.15, 0.2) is 17.3 Å². The number of carbonyl (C=O) groups excluding carboxylic acids is 1. The summed E-state index contributed by atoms with van der Waals surface area (Å²) in [5.41, 5.74) is 2.48. The van der Waals surface area contributed by atoms with Crippen molar-refractivity contribution in [2.24, 2.45) is 4.99 Å². The number of nitrogens with zero attached hydrogens (tertiary/aromatic N) is 4. The van der Waals surface area contributed by atoms with Crippen molar-refractivity contribution in [2.75, 3.05) is 19.1 Å². The van der Waals surface area contributed by atoms with Crippen LogP contribution in [-0.2, 0) is 5.54 Å². The van der Waals surface area contributed by atoms with Crippen molar-refractivity contribution < 1.29 is 14.3 Å². The van der Waals surface area contributed by atoms with E-state index >= 15 is 0 Å². The van der Waals surface area contributed by atoms with Crippen LogP contribution in [0.4, 0.5) is 16.3 Å². The number of aliphatic imine (C=N–C) groups is 1. The Balaban J connectivity index is 1.73. The Morgan fingerprint density at radius 1 is 1.00 bits per heavy atom. The number of methoxy groups -OCH3 is 2. The normalized spacial score (nSPS) is 19.5. The minimum absolute atomic E-state index is 0.198. The average molecular weight is 446 g/mol. The van der Waals surface area contributed by atoms with Gasteiger partial charge in [-0.15, -0.1) is 0 Å². The Morgan fingerprint density at radius 3 is 2.39 bits per heavy atom. The summed E-state index contributed by atoms with van der Waals surface area (Å²) in [6, 6.07) is 15.0. The van der Waals surface area contributed by atoms with Gasteiger partial charge in [-0.05, 0) is 50.6 Å². The second-order valence-electron chi connectivity index (χ2n) is 9.18. The van der Waals surface area contributed by atoms with E-state index in [0.717, 1.165) is 22.6 Å². The number of rotatable bonds is 4. The van der Waals surface area contributed by atoms with Crippen LogP contribution in [0.25, 0.3) is 0 Å². The van der Waals surface area contributed by atoms with Crippen LogP contribution < -0.4 is 19.7 Å². The Labute approximate surface area is 192 Å². The summed E-state index contributed by atoms with van der Waals surface area (Å²) in [5.74, 6) is 2.44. The summed E-state index contributed by atoms with van der Waals surface area (Å²) in [6.07, 6.45) is 1.87. The van der Waals surface area contributed by atoms with Crippen LogP contribution in [0.3, 0.4) is 0 Å². The van der Waals surface area contributed by atoms with E-state index in [0.29, 0.717) is 17.3 Å². The zero-order valence-corrected chi connectivity index (χ0v) is 19.4. The van der Waals surface area contributed by atoms with E-state index in [-0.39, 0.29) is 23.5 Å². The van der Waals surface area contributed by atoms with Crippen molar-refractivity contribution in [1.82, 2.24) is 15.1 Å². The number of ether oxygens (including phenoxy) is 2. The lowest BCUT2D eigenvalue weighted by Crippen LogP contribution is -2.42. The molecule has 2 amide bonds. The molecule has 170 valence electrons. The van der Waals surface area contributed by atoms with Gasteiger partial charge in [0, 0.05) is 17.2 Å².